The predicted molar refractivity (Wildman–Crippen MR) is 56.0 cm³/mol. The maximum absolute atomic E-state index is 11.2. The number of esters is 1. The molecule has 0 radical (unpaired) electrons. The fraction of sp³-hybridized carbons (Fsp3) is 0.909. The van der Waals surface area contributed by atoms with Crippen LogP contribution in [0.5, 0.6) is 0 Å². The van der Waals surface area contributed by atoms with Crippen molar-refractivity contribution in [1.29, 1.82) is 0 Å². The Labute approximate surface area is 86.5 Å². The Bertz CT molecular complexity index is 145. The fourth-order valence-electron chi connectivity index (χ4n) is 1.10. The number of rotatable bonds is 8. The van der Waals surface area contributed by atoms with Crippen LogP contribution in [0.15, 0.2) is 0 Å². The summed E-state index contributed by atoms with van der Waals surface area (Å²) in [5, 5.41) is 8.53. The summed E-state index contributed by atoms with van der Waals surface area (Å²) >= 11 is 0. The van der Waals surface area contributed by atoms with Crippen LogP contribution in [0.25, 0.3) is 0 Å². The van der Waals surface area contributed by atoms with Crippen LogP contribution in [-0.4, -0.2) is 23.8 Å². The van der Waals surface area contributed by atoms with Crippen molar-refractivity contribution < 1.29 is 14.6 Å². The largest absolute Gasteiger partial charge is 0.463 e. The number of carbonyl (C=O) groups excluding carboxylic acids is 1. The standard InChI is InChI=1S/C11H22O3/c1-3-10(2)14-11(13)8-6-4-5-7-9-12/h10,12H,3-9H2,1-2H3. The third kappa shape index (κ3) is 8.05. The average Bonchev–Trinajstić information content (AvgIpc) is 2.17. The lowest BCUT2D eigenvalue weighted by Crippen LogP contribution is -2.13. The van der Waals surface area contributed by atoms with Gasteiger partial charge in [0.1, 0.15) is 0 Å². The van der Waals surface area contributed by atoms with E-state index in [4.69, 9.17) is 9.84 Å². The second-order valence-corrected chi connectivity index (χ2v) is 3.60. The van der Waals surface area contributed by atoms with E-state index in [9.17, 15) is 4.79 Å². The van der Waals surface area contributed by atoms with Gasteiger partial charge in [0.2, 0.25) is 0 Å². The average molecular weight is 202 g/mol. The van der Waals surface area contributed by atoms with Gasteiger partial charge in [-0.1, -0.05) is 19.8 Å². The Balaban J connectivity index is 3.27. The minimum atomic E-state index is -0.0941. The highest BCUT2D eigenvalue weighted by Crippen LogP contribution is 2.05. The van der Waals surface area contributed by atoms with Crippen LogP contribution >= 0.6 is 0 Å². The molecule has 1 N–H and O–H groups in total. The van der Waals surface area contributed by atoms with E-state index in [0.29, 0.717) is 6.42 Å². The molecule has 0 saturated carbocycles. The van der Waals surface area contributed by atoms with Crippen molar-refractivity contribution in [1.82, 2.24) is 0 Å². The smallest absolute Gasteiger partial charge is 0.306 e. The topological polar surface area (TPSA) is 46.5 Å². The Kier molecular flexibility index (Phi) is 8.64. The molecule has 0 spiro atoms. The van der Waals surface area contributed by atoms with E-state index in [0.717, 1.165) is 32.1 Å². The molecule has 0 aromatic rings. The van der Waals surface area contributed by atoms with Gasteiger partial charge in [-0.05, 0) is 26.2 Å². The maximum atomic E-state index is 11.2. The Hall–Kier alpha value is -0.570. The molecule has 0 heterocycles. The van der Waals surface area contributed by atoms with E-state index in [1.54, 1.807) is 0 Å². The van der Waals surface area contributed by atoms with Crippen molar-refractivity contribution in [2.75, 3.05) is 6.61 Å². The van der Waals surface area contributed by atoms with Crippen LogP contribution in [-0.2, 0) is 9.53 Å². The first-order chi connectivity index (χ1) is 6.70. The Morgan fingerprint density at radius 1 is 1.29 bits per heavy atom. The minimum Gasteiger partial charge on any atom is -0.463 e. The first-order valence-corrected chi connectivity index (χ1v) is 5.51. The summed E-state index contributed by atoms with van der Waals surface area (Å²) in [6.07, 6.45) is 5.12. The van der Waals surface area contributed by atoms with Gasteiger partial charge in [-0.15, -0.1) is 0 Å². The molecule has 0 aliphatic rings. The zero-order valence-electron chi connectivity index (χ0n) is 9.29. The second-order valence-electron chi connectivity index (χ2n) is 3.60. The van der Waals surface area contributed by atoms with E-state index < -0.39 is 0 Å². The van der Waals surface area contributed by atoms with E-state index in [-0.39, 0.29) is 18.7 Å². The predicted octanol–water partition coefficient (Wildman–Crippen LogP) is 2.27. The summed E-state index contributed by atoms with van der Waals surface area (Å²) in [7, 11) is 0. The molecule has 3 heteroatoms. The molecule has 0 saturated heterocycles. The van der Waals surface area contributed by atoms with Gasteiger partial charge in [0.25, 0.3) is 0 Å². The molecular formula is C11H22O3. The van der Waals surface area contributed by atoms with Crippen molar-refractivity contribution in [3.8, 4) is 0 Å². The molecule has 1 unspecified atom stereocenters. The molecule has 0 rings (SSSR count). The third-order valence-corrected chi connectivity index (χ3v) is 2.20. The number of hydrogen-bond donors (Lipinski definition) is 1. The van der Waals surface area contributed by atoms with E-state index in [1.165, 1.54) is 0 Å². The highest BCUT2D eigenvalue weighted by atomic mass is 16.5. The van der Waals surface area contributed by atoms with Crippen LogP contribution in [0, 0.1) is 0 Å². The summed E-state index contributed by atoms with van der Waals surface area (Å²) < 4.78 is 5.12. The van der Waals surface area contributed by atoms with Gasteiger partial charge in [0.05, 0.1) is 6.10 Å². The molecule has 0 fully saturated rings. The number of carbonyl (C=O) groups is 1. The van der Waals surface area contributed by atoms with Crippen molar-refractivity contribution in [3.63, 3.8) is 0 Å². The Morgan fingerprint density at radius 2 is 1.93 bits per heavy atom. The number of hydrogen-bond acceptors (Lipinski definition) is 3. The normalized spacial score (nSPS) is 12.5. The van der Waals surface area contributed by atoms with E-state index in [1.807, 2.05) is 13.8 Å². The highest BCUT2D eigenvalue weighted by Gasteiger charge is 2.06. The molecule has 0 aromatic heterocycles. The highest BCUT2D eigenvalue weighted by molar-refractivity contribution is 5.69. The van der Waals surface area contributed by atoms with E-state index >= 15 is 0 Å². The summed E-state index contributed by atoms with van der Waals surface area (Å²) in [4.78, 5) is 11.2. The quantitative estimate of drug-likeness (QED) is 0.485. The maximum Gasteiger partial charge on any atom is 0.306 e. The van der Waals surface area contributed by atoms with Crippen LogP contribution in [0.4, 0.5) is 0 Å². The lowest BCUT2D eigenvalue weighted by Gasteiger charge is -2.10. The molecule has 0 aliphatic carbocycles. The van der Waals surface area contributed by atoms with Gasteiger partial charge in [0.15, 0.2) is 0 Å². The van der Waals surface area contributed by atoms with Gasteiger partial charge in [-0.25, -0.2) is 0 Å². The minimum absolute atomic E-state index is 0.0416. The number of aliphatic hydroxyl groups is 1. The molecule has 0 amide bonds. The molecule has 1 atom stereocenters. The van der Waals surface area contributed by atoms with Crippen molar-refractivity contribution >= 4 is 5.97 Å². The third-order valence-electron chi connectivity index (χ3n) is 2.20. The van der Waals surface area contributed by atoms with E-state index in [2.05, 4.69) is 0 Å². The summed E-state index contributed by atoms with van der Waals surface area (Å²) in [6, 6.07) is 0. The lowest BCUT2D eigenvalue weighted by molar-refractivity contribution is -0.148. The summed E-state index contributed by atoms with van der Waals surface area (Å²) in [5.41, 5.74) is 0. The lowest BCUT2D eigenvalue weighted by atomic mass is 10.1. The number of aliphatic hydroxyl groups excluding tert-OH is 1. The van der Waals surface area contributed by atoms with Gasteiger partial charge in [-0.2, -0.15) is 0 Å². The molecule has 84 valence electrons. The van der Waals surface area contributed by atoms with Gasteiger partial charge < -0.3 is 9.84 Å². The first-order valence-electron chi connectivity index (χ1n) is 5.51. The number of unbranched alkanes of at least 4 members (excludes halogenated alkanes) is 3. The molecule has 0 bridgehead atoms. The second kappa shape index (κ2) is 9.00. The zero-order chi connectivity index (χ0) is 10.8. The van der Waals surface area contributed by atoms with Crippen molar-refractivity contribution in [2.24, 2.45) is 0 Å². The SMILES string of the molecule is CCC(C)OC(=O)CCCCCCO. The van der Waals surface area contributed by atoms with Crippen LogP contribution in [0.3, 0.4) is 0 Å². The molecular weight excluding hydrogens is 180 g/mol. The van der Waals surface area contributed by atoms with Gasteiger partial charge in [-0.3, -0.25) is 4.79 Å². The summed E-state index contributed by atoms with van der Waals surface area (Å²) in [6.45, 7) is 4.15. The molecule has 3 nitrogen and oxygen atoms in total. The molecule has 14 heavy (non-hydrogen) atoms. The first kappa shape index (κ1) is 13.4. The van der Waals surface area contributed by atoms with Gasteiger partial charge in [0, 0.05) is 13.0 Å². The fourth-order valence-corrected chi connectivity index (χ4v) is 1.10. The molecule has 0 aliphatic heterocycles. The van der Waals surface area contributed by atoms with Crippen molar-refractivity contribution in [3.05, 3.63) is 0 Å². The van der Waals surface area contributed by atoms with Crippen molar-refractivity contribution in [2.45, 2.75) is 58.5 Å². The summed E-state index contributed by atoms with van der Waals surface area (Å²) in [5.74, 6) is -0.0941. The van der Waals surface area contributed by atoms with Crippen LogP contribution < -0.4 is 0 Å². The van der Waals surface area contributed by atoms with Crippen LogP contribution in [0.2, 0.25) is 0 Å². The zero-order valence-corrected chi connectivity index (χ0v) is 9.29. The number of ether oxygens (including phenoxy) is 1. The molecule has 0 aromatic carbocycles. The van der Waals surface area contributed by atoms with Gasteiger partial charge >= 0.3 is 5.97 Å². The Morgan fingerprint density at radius 3 is 2.50 bits per heavy atom. The monoisotopic (exact) mass is 202 g/mol. The van der Waals surface area contributed by atoms with Crippen LogP contribution in [0.1, 0.15) is 52.4 Å².